The van der Waals surface area contributed by atoms with Crippen molar-refractivity contribution in [3.8, 4) is 0 Å². The largest absolute Gasteiger partial charge is 0.390 e. The van der Waals surface area contributed by atoms with Crippen LogP contribution in [0.1, 0.15) is 49.7 Å². The van der Waals surface area contributed by atoms with Crippen LogP contribution in [-0.2, 0) is 12.8 Å². The van der Waals surface area contributed by atoms with Crippen molar-refractivity contribution in [2.45, 2.75) is 63.6 Å². The molecule has 1 aromatic rings. The van der Waals surface area contributed by atoms with Gasteiger partial charge in [0.05, 0.1) is 12.2 Å². The fourth-order valence-electron chi connectivity index (χ4n) is 2.62. The average molecular weight is 248 g/mol. The minimum atomic E-state index is -0.533. The van der Waals surface area contributed by atoms with E-state index in [1.54, 1.807) is 0 Å². The molecule has 2 atom stereocenters. The second kappa shape index (κ2) is 6.91. The molecular weight excluding hydrogens is 224 g/mol. The van der Waals surface area contributed by atoms with E-state index in [9.17, 15) is 10.2 Å². The zero-order valence-electron chi connectivity index (χ0n) is 11.0. The number of benzene rings is 1. The zero-order valence-corrected chi connectivity index (χ0v) is 11.0. The Morgan fingerprint density at radius 1 is 0.667 bits per heavy atom. The quantitative estimate of drug-likeness (QED) is 0.741. The summed E-state index contributed by atoms with van der Waals surface area (Å²) in [4.78, 5) is 0. The van der Waals surface area contributed by atoms with Crippen LogP contribution in [-0.4, -0.2) is 22.4 Å². The van der Waals surface area contributed by atoms with Crippen LogP contribution in [0.4, 0.5) is 0 Å². The highest BCUT2D eigenvalue weighted by molar-refractivity contribution is 5.22. The zero-order chi connectivity index (χ0) is 12.8. The van der Waals surface area contributed by atoms with E-state index in [2.05, 4.69) is 24.3 Å². The fourth-order valence-corrected chi connectivity index (χ4v) is 2.62. The number of aliphatic hydroxyl groups excluding tert-OH is 2. The average Bonchev–Trinajstić information content (AvgIpc) is 2.40. The van der Waals surface area contributed by atoms with E-state index >= 15 is 0 Å². The molecule has 0 unspecified atom stereocenters. The van der Waals surface area contributed by atoms with Gasteiger partial charge in [-0.2, -0.15) is 0 Å². The Labute approximate surface area is 110 Å². The van der Waals surface area contributed by atoms with E-state index in [-0.39, 0.29) is 0 Å². The Morgan fingerprint density at radius 2 is 1.06 bits per heavy atom. The number of hydrogen-bond donors (Lipinski definition) is 2. The van der Waals surface area contributed by atoms with E-state index in [1.807, 2.05) is 0 Å². The predicted octanol–water partition coefficient (Wildman–Crippen LogP) is 2.85. The maximum Gasteiger partial charge on any atom is 0.0799 e. The molecule has 0 aliphatic heterocycles. The van der Waals surface area contributed by atoms with Crippen molar-refractivity contribution in [3.05, 3.63) is 35.4 Å². The van der Waals surface area contributed by atoms with Crippen molar-refractivity contribution in [1.82, 2.24) is 0 Å². The third-order valence-corrected chi connectivity index (χ3v) is 3.90. The van der Waals surface area contributed by atoms with Crippen molar-refractivity contribution in [2.75, 3.05) is 0 Å². The molecule has 0 heterocycles. The van der Waals surface area contributed by atoms with Gasteiger partial charge in [-0.3, -0.25) is 0 Å². The van der Waals surface area contributed by atoms with Crippen LogP contribution in [0.5, 0.6) is 0 Å². The van der Waals surface area contributed by atoms with Crippen molar-refractivity contribution in [2.24, 2.45) is 0 Å². The molecule has 2 bridgehead atoms. The molecule has 2 nitrogen and oxygen atoms in total. The van der Waals surface area contributed by atoms with Crippen molar-refractivity contribution >= 4 is 0 Å². The van der Waals surface area contributed by atoms with Gasteiger partial charge in [0.15, 0.2) is 0 Å². The topological polar surface area (TPSA) is 40.5 Å². The number of aryl methyl sites for hydroxylation is 2. The van der Waals surface area contributed by atoms with Gasteiger partial charge in [-0.05, 0) is 49.7 Å². The molecule has 0 fully saturated rings. The SMILES string of the molecule is O[C@H]1CCCCc2ccc(cc2)CCCC[C@@H]1O. The Hall–Kier alpha value is -0.860. The number of fused-ring (bicyclic) bond motifs is 11. The Balaban J connectivity index is 1.97. The molecule has 2 aliphatic rings. The van der Waals surface area contributed by atoms with Gasteiger partial charge in [0, 0.05) is 0 Å². The first-order valence-corrected chi connectivity index (χ1v) is 7.19. The van der Waals surface area contributed by atoms with Gasteiger partial charge < -0.3 is 10.2 Å². The van der Waals surface area contributed by atoms with Crippen LogP contribution in [0.2, 0.25) is 0 Å². The summed E-state index contributed by atoms with van der Waals surface area (Å²) < 4.78 is 0. The lowest BCUT2D eigenvalue weighted by molar-refractivity contribution is 0.00731. The summed E-state index contributed by atoms with van der Waals surface area (Å²) in [5.74, 6) is 0. The molecule has 3 rings (SSSR count). The molecule has 2 heteroatoms. The van der Waals surface area contributed by atoms with Gasteiger partial charge in [-0.25, -0.2) is 0 Å². The van der Waals surface area contributed by atoms with Gasteiger partial charge in [-0.15, -0.1) is 0 Å². The Bertz CT molecular complexity index is 310. The van der Waals surface area contributed by atoms with E-state index < -0.39 is 12.2 Å². The monoisotopic (exact) mass is 248 g/mol. The fraction of sp³-hybridized carbons (Fsp3) is 0.625. The lowest BCUT2D eigenvalue weighted by atomic mass is 9.97. The van der Waals surface area contributed by atoms with E-state index in [4.69, 9.17) is 0 Å². The van der Waals surface area contributed by atoms with Gasteiger partial charge in [0.25, 0.3) is 0 Å². The molecule has 0 spiro atoms. The maximum atomic E-state index is 9.83. The summed E-state index contributed by atoms with van der Waals surface area (Å²) in [6.07, 6.45) is 6.67. The summed E-state index contributed by atoms with van der Waals surface area (Å²) in [6.45, 7) is 0. The van der Waals surface area contributed by atoms with E-state index in [0.29, 0.717) is 0 Å². The summed E-state index contributed by atoms with van der Waals surface area (Å²) >= 11 is 0. The molecule has 100 valence electrons. The van der Waals surface area contributed by atoms with Gasteiger partial charge in [0.2, 0.25) is 0 Å². The van der Waals surface area contributed by atoms with Crippen molar-refractivity contribution < 1.29 is 10.2 Å². The minimum absolute atomic E-state index is 0.533. The summed E-state index contributed by atoms with van der Waals surface area (Å²) in [5.41, 5.74) is 2.76. The molecule has 0 saturated heterocycles. The Morgan fingerprint density at radius 3 is 1.44 bits per heavy atom. The van der Waals surface area contributed by atoms with Crippen LogP contribution < -0.4 is 0 Å². The van der Waals surface area contributed by atoms with Gasteiger partial charge in [-0.1, -0.05) is 37.1 Å². The number of aliphatic hydroxyl groups is 2. The molecule has 0 saturated carbocycles. The summed E-state index contributed by atoms with van der Waals surface area (Å²) in [6, 6.07) is 8.91. The Kier molecular flexibility index (Phi) is 5.21. The van der Waals surface area contributed by atoms with Crippen LogP contribution in [0.15, 0.2) is 24.3 Å². The molecule has 0 amide bonds. The van der Waals surface area contributed by atoms with Crippen LogP contribution in [0, 0.1) is 0 Å². The smallest absolute Gasteiger partial charge is 0.0799 e. The first kappa shape index (κ1) is 13.6. The third-order valence-electron chi connectivity index (χ3n) is 3.90. The van der Waals surface area contributed by atoms with Crippen molar-refractivity contribution in [3.63, 3.8) is 0 Å². The summed E-state index contributed by atoms with van der Waals surface area (Å²) in [7, 11) is 0. The predicted molar refractivity (Wildman–Crippen MR) is 73.6 cm³/mol. The number of rotatable bonds is 0. The summed E-state index contributed by atoms with van der Waals surface area (Å²) in [5, 5.41) is 19.7. The molecule has 2 aliphatic carbocycles. The van der Waals surface area contributed by atoms with Gasteiger partial charge >= 0.3 is 0 Å². The van der Waals surface area contributed by atoms with E-state index in [0.717, 1.165) is 51.4 Å². The highest BCUT2D eigenvalue weighted by atomic mass is 16.3. The second-order valence-corrected chi connectivity index (χ2v) is 5.44. The maximum absolute atomic E-state index is 9.83. The lowest BCUT2D eigenvalue weighted by Gasteiger charge is -2.18. The third kappa shape index (κ3) is 4.11. The molecule has 18 heavy (non-hydrogen) atoms. The number of hydrogen-bond acceptors (Lipinski definition) is 2. The lowest BCUT2D eigenvalue weighted by Crippen LogP contribution is -2.25. The van der Waals surface area contributed by atoms with Crippen LogP contribution in [0.3, 0.4) is 0 Å². The first-order valence-electron chi connectivity index (χ1n) is 7.19. The van der Waals surface area contributed by atoms with Crippen molar-refractivity contribution in [1.29, 1.82) is 0 Å². The highest BCUT2D eigenvalue weighted by Crippen LogP contribution is 2.16. The van der Waals surface area contributed by atoms with Crippen LogP contribution in [0.25, 0.3) is 0 Å². The molecule has 1 aromatic carbocycles. The molecular formula is C16H24O2. The molecule has 0 aromatic heterocycles. The van der Waals surface area contributed by atoms with Crippen LogP contribution >= 0.6 is 0 Å². The van der Waals surface area contributed by atoms with E-state index in [1.165, 1.54) is 11.1 Å². The highest BCUT2D eigenvalue weighted by Gasteiger charge is 2.15. The normalized spacial score (nSPS) is 26.8. The molecule has 0 radical (unpaired) electrons. The van der Waals surface area contributed by atoms with Gasteiger partial charge in [0.1, 0.15) is 0 Å². The minimum Gasteiger partial charge on any atom is -0.390 e. The first-order chi connectivity index (χ1) is 8.75. The standard InChI is InChI=1S/C16H24O2/c17-15-7-3-1-5-13-9-11-14(12-10-13)6-2-4-8-16(15)18/h9-12,15-18H,1-8H2/t15-,16-/m0/s1. The second-order valence-electron chi connectivity index (χ2n) is 5.44. The molecule has 2 N–H and O–H groups in total.